The molecule has 0 aromatic carbocycles. The van der Waals surface area contributed by atoms with E-state index in [1.807, 2.05) is 9.80 Å². The summed E-state index contributed by atoms with van der Waals surface area (Å²) in [5.74, 6) is 0. The van der Waals surface area contributed by atoms with Gasteiger partial charge in [0, 0.05) is 58.9 Å². The number of aliphatic hydroxyl groups excluding tert-OH is 4. The minimum Gasteiger partial charge on any atom is -0.392 e. The number of urea groups is 1. The summed E-state index contributed by atoms with van der Waals surface area (Å²) in [6, 6.07) is -0.200. The largest absolute Gasteiger partial charge is 0.392 e. The van der Waals surface area contributed by atoms with E-state index in [0.29, 0.717) is 58.9 Å². The predicted octanol–water partition coefficient (Wildman–Crippen LogP) is -1.00. The van der Waals surface area contributed by atoms with Gasteiger partial charge in [-0.3, -0.25) is 9.80 Å². The molecule has 0 spiro atoms. The fourth-order valence-corrected chi connectivity index (χ4v) is 3.63. The Bertz CT molecular complexity index is 479. The van der Waals surface area contributed by atoms with E-state index in [4.69, 9.17) is 4.94 Å². The number of hydrogen-bond donors (Lipinski definition) is 8. The highest BCUT2D eigenvalue weighted by Crippen LogP contribution is 1.98. The van der Waals surface area contributed by atoms with E-state index in [1.165, 1.54) is 0 Å². The third-order valence-corrected chi connectivity index (χ3v) is 4.92. The van der Waals surface area contributed by atoms with Crippen LogP contribution in [0.5, 0.6) is 0 Å². The molecule has 0 aliphatic heterocycles. The van der Waals surface area contributed by atoms with Crippen molar-refractivity contribution in [2.75, 3.05) is 65.4 Å². The number of amides is 2. The number of unbranched alkanes of at least 4 members (excludes halogenated alkanes) is 1. The van der Waals surface area contributed by atoms with Gasteiger partial charge in [-0.25, -0.2) is 9.73 Å². The smallest absolute Gasteiger partial charge is 0.314 e. The first-order valence-corrected chi connectivity index (χ1v) is 12.9. The lowest BCUT2D eigenvalue weighted by molar-refractivity contribution is -0.0397. The zero-order valence-corrected chi connectivity index (χ0v) is 22.2. The second-order valence-electron chi connectivity index (χ2n) is 9.40. The van der Waals surface area contributed by atoms with Crippen LogP contribution in [0.15, 0.2) is 0 Å². The number of carbonyl (C=O) groups excluding carboxylic acids is 1. The summed E-state index contributed by atoms with van der Waals surface area (Å²) < 4.78 is 0. The van der Waals surface area contributed by atoms with Gasteiger partial charge in [0.05, 0.1) is 24.4 Å². The van der Waals surface area contributed by atoms with Crippen molar-refractivity contribution >= 4 is 6.03 Å². The average Bonchev–Trinajstić information content (AvgIpc) is 2.73. The Kier molecular flexibility index (Phi) is 21.4. The molecule has 4 atom stereocenters. The van der Waals surface area contributed by atoms with E-state index in [2.05, 4.69) is 21.6 Å². The molecule has 0 rings (SSSR count). The number of rotatable bonds is 23. The highest BCUT2D eigenvalue weighted by molar-refractivity contribution is 5.73. The molecule has 8 N–H and O–H groups in total. The topological polar surface area (TPSA) is 162 Å². The van der Waals surface area contributed by atoms with Crippen LogP contribution < -0.4 is 21.6 Å². The van der Waals surface area contributed by atoms with Gasteiger partial charge in [0.15, 0.2) is 0 Å². The molecule has 0 bridgehead atoms. The maximum atomic E-state index is 11.8. The first-order valence-electron chi connectivity index (χ1n) is 12.9. The summed E-state index contributed by atoms with van der Waals surface area (Å²) in [4.78, 5) is 21.0. The van der Waals surface area contributed by atoms with Crippen molar-refractivity contribution in [1.82, 2.24) is 31.4 Å². The molecule has 0 aromatic rings. The summed E-state index contributed by atoms with van der Waals surface area (Å²) >= 11 is 0. The van der Waals surface area contributed by atoms with Crippen molar-refractivity contribution in [2.45, 2.75) is 77.8 Å². The van der Waals surface area contributed by atoms with Crippen molar-refractivity contribution in [1.29, 1.82) is 0 Å². The van der Waals surface area contributed by atoms with E-state index in [9.17, 15) is 25.2 Å². The second-order valence-corrected chi connectivity index (χ2v) is 9.40. The molecule has 12 nitrogen and oxygen atoms in total. The first-order chi connectivity index (χ1) is 16.6. The van der Waals surface area contributed by atoms with Crippen LogP contribution in [-0.4, -0.2) is 126 Å². The van der Waals surface area contributed by atoms with Crippen LogP contribution in [0.25, 0.3) is 0 Å². The van der Waals surface area contributed by atoms with Crippen LogP contribution in [0.2, 0.25) is 0 Å². The maximum Gasteiger partial charge on any atom is 0.314 e. The molecule has 0 heterocycles. The van der Waals surface area contributed by atoms with Crippen LogP contribution in [0, 0.1) is 0 Å². The Balaban J connectivity index is 3.61. The summed E-state index contributed by atoms with van der Waals surface area (Å²) in [7, 11) is 0. The van der Waals surface area contributed by atoms with Gasteiger partial charge in [0.1, 0.15) is 0 Å². The van der Waals surface area contributed by atoms with Gasteiger partial charge in [-0.15, -0.1) is 0 Å². The van der Waals surface area contributed by atoms with Crippen molar-refractivity contribution in [2.24, 2.45) is 0 Å². The van der Waals surface area contributed by atoms with Crippen LogP contribution in [0.1, 0.15) is 53.4 Å². The van der Waals surface area contributed by atoms with Gasteiger partial charge in [-0.2, -0.15) is 11.0 Å². The van der Waals surface area contributed by atoms with E-state index in [-0.39, 0.29) is 6.03 Å². The lowest BCUT2D eigenvalue weighted by Gasteiger charge is -2.25. The van der Waals surface area contributed by atoms with Crippen molar-refractivity contribution < 1.29 is 30.2 Å². The number of nitrogens with one attached hydrogen (secondary N) is 4. The molecule has 4 unspecified atom stereocenters. The van der Waals surface area contributed by atoms with Gasteiger partial charge in [-0.1, -0.05) is 0 Å². The number of hydrogen-bond acceptors (Lipinski definition) is 10. The van der Waals surface area contributed by atoms with Crippen molar-refractivity contribution in [3.05, 3.63) is 0 Å². The third-order valence-electron chi connectivity index (χ3n) is 4.92. The normalized spacial score (nSPS) is 15.3. The monoisotopic (exact) mass is 508 g/mol. The fraction of sp³-hybridized carbons (Fsp3) is 0.957. The molecule has 0 aliphatic rings. The number of hydroxylamine groups is 2. The molecule has 210 valence electrons. The van der Waals surface area contributed by atoms with Gasteiger partial charge < -0.3 is 31.1 Å². The van der Waals surface area contributed by atoms with Crippen LogP contribution >= 0.6 is 0 Å². The minimum atomic E-state index is -0.459. The lowest BCUT2D eigenvalue weighted by Crippen LogP contribution is -2.40. The quantitative estimate of drug-likeness (QED) is 0.0635. The summed E-state index contributed by atoms with van der Waals surface area (Å²) in [5, 5.41) is 43.8. The molecule has 0 fully saturated rings. The molecule has 0 aliphatic carbocycles. The maximum absolute atomic E-state index is 11.8. The number of aliphatic hydroxyl groups is 4. The summed E-state index contributed by atoms with van der Waals surface area (Å²) in [6.07, 6.45) is 1.43. The second kappa shape index (κ2) is 22.1. The molecule has 12 heteroatoms. The molecule has 0 saturated heterocycles. The molecule has 0 aromatic heterocycles. The standard InChI is InChI=1S/C23H52N6O6/c1-19(30)15-28(16-20(2)31)13-7-10-25-23(34)24-9-5-6-11-26-35-27-12-8-14-29(17-21(3)32)18-22(4)33/h19-22,26-27,30-33H,5-18H2,1-4H3,(H2,24,25,34). The molecule has 35 heavy (non-hydrogen) atoms. The van der Waals surface area contributed by atoms with E-state index < -0.39 is 24.4 Å². The van der Waals surface area contributed by atoms with E-state index >= 15 is 0 Å². The Morgan fingerprint density at radius 2 is 0.971 bits per heavy atom. The minimum absolute atomic E-state index is 0.200. The van der Waals surface area contributed by atoms with Crippen molar-refractivity contribution in [3.63, 3.8) is 0 Å². The number of carbonyl (C=O) groups is 1. The van der Waals surface area contributed by atoms with Gasteiger partial charge in [0.25, 0.3) is 0 Å². The highest BCUT2D eigenvalue weighted by Gasteiger charge is 2.11. The Morgan fingerprint density at radius 3 is 1.40 bits per heavy atom. The molecular weight excluding hydrogens is 456 g/mol. The SMILES string of the molecule is CC(O)CN(CCCNONCCCCNC(=O)NCCCN(CC(C)O)CC(C)O)CC(C)O. The van der Waals surface area contributed by atoms with Gasteiger partial charge in [-0.05, 0) is 59.9 Å². The first kappa shape index (κ1) is 33.9. The van der Waals surface area contributed by atoms with Gasteiger partial charge in [0.2, 0.25) is 0 Å². The molecule has 2 amide bonds. The highest BCUT2D eigenvalue weighted by atomic mass is 16.8. The van der Waals surface area contributed by atoms with Crippen LogP contribution in [0.3, 0.4) is 0 Å². The van der Waals surface area contributed by atoms with Gasteiger partial charge >= 0.3 is 6.03 Å². The summed E-state index contributed by atoms with van der Waals surface area (Å²) in [5.41, 5.74) is 5.67. The van der Waals surface area contributed by atoms with E-state index in [0.717, 1.165) is 32.2 Å². The lowest BCUT2D eigenvalue weighted by atomic mass is 10.2. The van der Waals surface area contributed by atoms with Crippen LogP contribution in [0.4, 0.5) is 4.79 Å². The number of nitrogens with zero attached hydrogens (tertiary/aromatic N) is 2. The molecule has 0 radical (unpaired) electrons. The summed E-state index contributed by atoms with van der Waals surface area (Å²) in [6.45, 7) is 12.8. The molecule has 0 saturated carbocycles. The zero-order valence-electron chi connectivity index (χ0n) is 22.2. The zero-order chi connectivity index (χ0) is 26.5. The fourth-order valence-electron chi connectivity index (χ4n) is 3.63. The van der Waals surface area contributed by atoms with Crippen LogP contribution in [-0.2, 0) is 4.94 Å². The predicted molar refractivity (Wildman–Crippen MR) is 137 cm³/mol. The Hall–Kier alpha value is -1.09. The Morgan fingerprint density at radius 1 is 0.629 bits per heavy atom. The van der Waals surface area contributed by atoms with E-state index in [1.54, 1.807) is 27.7 Å². The van der Waals surface area contributed by atoms with Crippen molar-refractivity contribution in [3.8, 4) is 0 Å². The average molecular weight is 509 g/mol. The third kappa shape index (κ3) is 24.4. The Labute approximate surface area is 211 Å². The molecular formula is C23H52N6O6.